The molecule has 1 unspecified atom stereocenters. The van der Waals surface area contributed by atoms with Crippen LogP contribution in [0.1, 0.15) is 37.8 Å². The van der Waals surface area contributed by atoms with Gasteiger partial charge in [-0.25, -0.2) is 4.39 Å². The van der Waals surface area contributed by atoms with E-state index >= 15 is 0 Å². The van der Waals surface area contributed by atoms with Gasteiger partial charge in [-0.1, -0.05) is 19.4 Å². The van der Waals surface area contributed by atoms with Crippen LogP contribution in [0.5, 0.6) is 0 Å². The summed E-state index contributed by atoms with van der Waals surface area (Å²) in [5.41, 5.74) is -0.353. The molecule has 0 aromatic heterocycles. The highest BCUT2D eigenvalue weighted by atomic mass is 19.1. The lowest BCUT2D eigenvalue weighted by Crippen LogP contribution is -2.42. The number of hydrogen-bond donors (Lipinski definition) is 1. The Kier molecular flexibility index (Phi) is 5.88. The molecular formula is C16H21FO4. The molecule has 0 radical (unpaired) electrons. The number of hydrogen-bond acceptors (Lipinski definition) is 3. The Balaban J connectivity index is 3.22. The monoisotopic (exact) mass is 296 g/mol. The lowest BCUT2D eigenvalue weighted by atomic mass is 9.77. The van der Waals surface area contributed by atoms with Crippen molar-refractivity contribution in [3.05, 3.63) is 35.1 Å². The molecule has 1 aromatic rings. The Bertz CT molecular complexity index is 527. The molecular weight excluding hydrogens is 275 g/mol. The molecule has 0 saturated heterocycles. The van der Waals surface area contributed by atoms with Crippen molar-refractivity contribution >= 4 is 11.9 Å². The summed E-state index contributed by atoms with van der Waals surface area (Å²) < 4.78 is 18.1. The normalized spacial score (nSPS) is 13.5. The molecule has 1 N–H and O–H groups in total. The van der Waals surface area contributed by atoms with Gasteiger partial charge in [0.2, 0.25) is 0 Å². The third-order valence-electron chi connectivity index (χ3n) is 3.55. The standard InChI is InChI=1S/C16H21FO4/c1-4-8-16(14(18)19,15(20)21-5-2)10-12-6-7-13(17)9-11(12)3/h6-7,9H,4-5,8,10H2,1-3H3,(H,18,19). The lowest BCUT2D eigenvalue weighted by molar-refractivity contribution is -0.169. The number of esters is 1. The highest BCUT2D eigenvalue weighted by Crippen LogP contribution is 2.32. The Morgan fingerprint density at radius 2 is 2.00 bits per heavy atom. The van der Waals surface area contributed by atoms with Gasteiger partial charge in [-0.05, 0) is 49.9 Å². The van der Waals surface area contributed by atoms with Crippen LogP contribution in [0.15, 0.2) is 18.2 Å². The third kappa shape index (κ3) is 3.80. The van der Waals surface area contributed by atoms with Crippen molar-refractivity contribution in [2.45, 2.75) is 40.0 Å². The zero-order valence-corrected chi connectivity index (χ0v) is 12.6. The SMILES string of the molecule is CCCC(Cc1ccc(F)cc1C)(C(=O)O)C(=O)OCC. The number of carbonyl (C=O) groups excluding carboxylic acids is 1. The quantitative estimate of drug-likeness (QED) is 0.620. The number of carbonyl (C=O) groups is 2. The fraction of sp³-hybridized carbons (Fsp3) is 0.500. The molecule has 0 aliphatic carbocycles. The zero-order valence-electron chi connectivity index (χ0n) is 12.6. The van der Waals surface area contributed by atoms with Gasteiger partial charge in [0.1, 0.15) is 5.82 Å². The second-order valence-corrected chi connectivity index (χ2v) is 5.11. The van der Waals surface area contributed by atoms with Crippen LogP contribution >= 0.6 is 0 Å². The van der Waals surface area contributed by atoms with E-state index in [1.807, 2.05) is 6.92 Å². The van der Waals surface area contributed by atoms with E-state index in [-0.39, 0.29) is 25.3 Å². The number of benzene rings is 1. The first kappa shape index (κ1) is 17.1. The van der Waals surface area contributed by atoms with Crippen molar-refractivity contribution < 1.29 is 23.8 Å². The van der Waals surface area contributed by atoms with E-state index in [0.717, 1.165) is 0 Å². The molecule has 5 heteroatoms. The number of carboxylic acid groups (broad SMARTS) is 1. The average Bonchev–Trinajstić information content (AvgIpc) is 2.40. The van der Waals surface area contributed by atoms with Gasteiger partial charge >= 0.3 is 11.9 Å². The van der Waals surface area contributed by atoms with Crippen LogP contribution in [0, 0.1) is 18.2 Å². The van der Waals surface area contributed by atoms with Crippen molar-refractivity contribution in [2.24, 2.45) is 5.41 Å². The molecule has 0 amide bonds. The van der Waals surface area contributed by atoms with Gasteiger partial charge in [-0.2, -0.15) is 0 Å². The minimum atomic E-state index is -1.62. The molecule has 0 saturated carbocycles. The molecule has 116 valence electrons. The second-order valence-electron chi connectivity index (χ2n) is 5.11. The molecule has 4 nitrogen and oxygen atoms in total. The van der Waals surface area contributed by atoms with Gasteiger partial charge in [-0.15, -0.1) is 0 Å². The predicted molar refractivity (Wildman–Crippen MR) is 76.5 cm³/mol. The number of aryl methyl sites for hydroxylation is 1. The van der Waals surface area contributed by atoms with Gasteiger partial charge in [-0.3, -0.25) is 9.59 Å². The number of ether oxygens (including phenoxy) is 1. The molecule has 0 aliphatic rings. The number of rotatable bonds is 7. The van der Waals surface area contributed by atoms with E-state index in [1.54, 1.807) is 13.8 Å². The summed E-state index contributed by atoms with van der Waals surface area (Å²) in [6.07, 6.45) is 0.713. The van der Waals surface area contributed by atoms with Gasteiger partial charge in [0.15, 0.2) is 5.41 Å². The van der Waals surface area contributed by atoms with Crippen molar-refractivity contribution in [3.63, 3.8) is 0 Å². The summed E-state index contributed by atoms with van der Waals surface area (Å²) >= 11 is 0. The van der Waals surface area contributed by atoms with E-state index in [1.165, 1.54) is 18.2 Å². The maximum Gasteiger partial charge on any atom is 0.323 e. The molecule has 0 spiro atoms. The fourth-order valence-electron chi connectivity index (χ4n) is 2.41. The van der Waals surface area contributed by atoms with Crippen LogP contribution < -0.4 is 0 Å². The summed E-state index contributed by atoms with van der Waals surface area (Å²) in [5, 5.41) is 9.58. The Morgan fingerprint density at radius 1 is 1.33 bits per heavy atom. The molecule has 0 bridgehead atoms. The van der Waals surface area contributed by atoms with Crippen molar-refractivity contribution in [1.82, 2.24) is 0 Å². The van der Waals surface area contributed by atoms with Gasteiger partial charge < -0.3 is 9.84 Å². The first-order chi connectivity index (χ1) is 9.87. The summed E-state index contributed by atoms with van der Waals surface area (Å²) in [5.74, 6) is -2.32. The Morgan fingerprint density at radius 3 is 2.48 bits per heavy atom. The van der Waals surface area contributed by atoms with Crippen molar-refractivity contribution in [2.75, 3.05) is 6.61 Å². The van der Waals surface area contributed by atoms with Crippen LogP contribution in [-0.2, 0) is 20.7 Å². The Hall–Kier alpha value is -1.91. The summed E-state index contributed by atoms with van der Waals surface area (Å²) in [6.45, 7) is 5.27. The zero-order chi connectivity index (χ0) is 16.0. The summed E-state index contributed by atoms with van der Waals surface area (Å²) in [7, 11) is 0. The second kappa shape index (κ2) is 7.20. The van der Waals surface area contributed by atoms with Crippen LogP contribution in [0.2, 0.25) is 0 Å². The Labute approximate surface area is 123 Å². The highest BCUT2D eigenvalue weighted by Gasteiger charge is 2.47. The smallest absolute Gasteiger partial charge is 0.323 e. The molecule has 0 aliphatic heterocycles. The minimum absolute atomic E-state index is 0.00111. The first-order valence-electron chi connectivity index (χ1n) is 7.03. The predicted octanol–water partition coefficient (Wildman–Crippen LogP) is 3.11. The minimum Gasteiger partial charge on any atom is -0.480 e. The van der Waals surface area contributed by atoms with E-state index < -0.39 is 17.4 Å². The maximum atomic E-state index is 13.2. The summed E-state index contributed by atoms with van der Waals surface area (Å²) in [6, 6.07) is 4.13. The fourth-order valence-corrected chi connectivity index (χ4v) is 2.41. The number of halogens is 1. The van der Waals surface area contributed by atoms with Crippen LogP contribution in [-0.4, -0.2) is 23.7 Å². The first-order valence-corrected chi connectivity index (χ1v) is 7.03. The van der Waals surface area contributed by atoms with E-state index in [4.69, 9.17) is 4.74 Å². The maximum absolute atomic E-state index is 13.2. The average molecular weight is 296 g/mol. The molecule has 1 rings (SSSR count). The van der Waals surface area contributed by atoms with Crippen molar-refractivity contribution in [1.29, 1.82) is 0 Å². The lowest BCUT2D eigenvalue weighted by Gasteiger charge is -2.27. The van der Waals surface area contributed by atoms with Crippen molar-refractivity contribution in [3.8, 4) is 0 Å². The molecule has 1 atom stereocenters. The number of aliphatic carboxylic acids is 1. The van der Waals surface area contributed by atoms with Gasteiger partial charge in [0, 0.05) is 0 Å². The van der Waals surface area contributed by atoms with Gasteiger partial charge in [0.25, 0.3) is 0 Å². The largest absolute Gasteiger partial charge is 0.480 e. The van der Waals surface area contributed by atoms with Crippen LogP contribution in [0.3, 0.4) is 0 Å². The molecule has 21 heavy (non-hydrogen) atoms. The van der Waals surface area contributed by atoms with Gasteiger partial charge in [0.05, 0.1) is 6.61 Å². The topological polar surface area (TPSA) is 63.6 Å². The van der Waals surface area contributed by atoms with E-state index in [0.29, 0.717) is 17.5 Å². The van der Waals surface area contributed by atoms with E-state index in [9.17, 15) is 19.1 Å². The molecule has 0 heterocycles. The number of carboxylic acids is 1. The highest BCUT2D eigenvalue weighted by molar-refractivity contribution is 5.99. The summed E-state index contributed by atoms with van der Waals surface area (Å²) in [4.78, 5) is 23.9. The van der Waals surface area contributed by atoms with E-state index in [2.05, 4.69) is 0 Å². The molecule has 0 fully saturated rings. The molecule has 1 aromatic carbocycles. The van der Waals surface area contributed by atoms with Crippen LogP contribution in [0.4, 0.5) is 4.39 Å². The third-order valence-corrected chi connectivity index (χ3v) is 3.55. The van der Waals surface area contributed by atoms with Crippen LogP contribution in [0.25, 0.3) is 0 Å².